The smallest absolute Gasteiger partial charge is 0.311 e. The second-order valence-corrected chi connectivity index (χ2v) is 3.94. The van der Waals surface area contributed by atoms with E-state index in [4.69, 9.17) is 0 Å². The molecule has 0 radical (unpaired) electrons. The molecule has 0 unspecified atom stereocenters. The average molecular weight is 326 g/mol. The first-order valence-corrected chi connectivity index (χ1v) is 6.29. The highest BCUT2D eigenvalue weighted by Gasteiger charge is 2.21. The molecule has 0 bridgehead atoms. The number of rotatable bonds is 5. The highest BCUT2D eigenvalue weighted by atomic mass is 79.9. The third-order valence-electron chi connectivity index (χ3n) is 2.10. The van der Waals surface area contributed by atoms with E-state index in [1.54, 1.807) is 6.92 Å². The van der Waals surface area contributed by atoms with Crippen LogP contribution in [0, 0.1) is 5.82 Å². The molecule has 0 N–H and O–H groups in total. The molecule has 0 amide bonds. The highest BCUT2D eigenvalue weighted by molar-refractivity contribution is 9.08. The lowest BCUT2D eigenvalue weighted by molar-refractivity contribution is -0.142. The van der Waals surface area contributed by atoms with E-state index >= 15 is 0 Å². The van der Waals surface area contributed by atoms with Gasteiger partial charge in [-0.2, -0.15) is 0 Å². The Balaban J connectivity index is 3.09. The summed E-state index contributed by atoms with van der Waals surface area (Å²) in [5.41, 5.74) is -0.828. The Morgan fingerprint density at radius 3 is 2.72 bits per heavy atom. The molecule has 0 saturated heterocycles. The molecule has 100 valence electrons. The lowest BCUT2D eigenvalue weighted by Gasteiger charge is -2.09. The van der Waals surface area contributed by atoms with E-state index in [-0.39, 0.29) is 23.3 Å². The van der Waals surface area contributed by atoms with E-state index in [1.165, 1.54) is 0 Å². The Hall–Kier alpha value is -1.11. The number of halogens is 4. The number of esters is 1. The zero-order chi connectivity index (χ0) is 13.7. The predicted molar refractivity (Wildman–Crippen MR) is 62.1 cm³/mol. The van der Waals surface area contributed by atoms with Gasteiger partial charge in [0.25, 0.3) is 6.43 Å². The van der Waals surface area contributed by atoms with Gasteiger partial charge < -0.3 is 4.74 Å². The van der Waals surface area contributed by atoms with Crippen LogP contribution in [0.5, 0.6) is 0 Å². The molecule has 0 saturated carbocycles. The van der Waals surface area contributed by atoms with Gasteiger partial charge >= 0.3 is 5.97 Å². The van der Waals surface area contributed by atoms with Gasteiger partial charge in [-0.25, -0.2) is 13.2 Å². The Kier molecular flexibility index (Phi) is 5.58. The fourth-order valence-corrected chi connectivity index (χ4v) is 1.64. The summed E-state index contributed by atoms with van der Waals surface area (Å²) >= 11 is 3.05. The topological polar surface area (TPSA) is 39.2 Å². The Morgan fingerprint density at radius 2 is 2.22 bits per heavy atom. The molecule has 0 aliphatic rings. The molecule has 0 aliphatic carbocycles. The van der Waals surface area contributed by atoms with Crippen LogP contribution >= 0.6 is 15.9 Å². The van der Waals surface area contributed by atoms with Gasteiger partial charge in [-0.3, -0.25) is 9.78 Å². The fourth-order valence-electron chi connectivity index (χ4n) is 1.36. The van der Waals surface area contributed by atoms with Crippen molar-refractivity contribution in [2.45, 2.75) is 25.1 Å². The van der Waals surface area contributed by atoms with Gasteiger partial charge in [-0.15, -0.1) is 0 Å². The van der Waals surface area contributed by atoms with Crippen LogP contribution in [0.2, 0.25) is 0 Å². The largest absolute Gasteiger partial charge is 0.466 e. The van der Waals surface area contributed by atoms with Gasteiger partial charge in [0.15, 0.2) is 5.82 Å². The standard InChI is InChI=1S/C11H11BrF3NO2/c1-2-18-9(17)4-8-10(13)7(11(14)15)3-6(5-12)16-8/h3,11H,2,4-5H2,1H3. The second kappa shape index (κ2) is 6.72. The average Bonchev–Trinajstić information content (AvgIpc) is 2.31. The molecule has 1 rings (SSSR count). The predicted octanol–water partition coefficient (Wildman–Crippen LogP) is 3.16. The monoisotopic (exact) mass is 325 g/mol. The van der Waals surface area contributed by atoms with Gasteiger partial charge in [0.05, 0.1) is 30.0 Å². The quantitative estimate of drug-likeness (QED) is 0.616. The van der Waals surface area contributed by atoms with Gasteiger partial charge in [0.2, 0.25) is 0 Å². The minimum atomic E-state index is -2.95. The van der Waals surface area contributed by atoms with E-state index in [0.29, 0.717) is 0 Å². The first-order chi connectivity index (χ1) is 8.49. The van der Waals surface area contributed by atoms with E-state index in [9.17, 15) is 18.0 Å². The fraction of sp³-hybridized carbons (Fsp3) is 0.455. The summed E-state index contributed by atoms with van der Waals surface area (Å²) in [4.78, 5) is 15.0. The van der Waals surface area contributed by atoms with Crippen LogP contribution < -0.4 is 0 Å². The minimum absolute atomic E-state index is 0.139. The molecule has 7 heteroatoms. The number of ether oxygens (including phenoxy) is 1. The molecule has 0 aliphatic heterocycles. The zero-order valence-corrected chi connectivity index (χ0v) is 11.1. The van der Waals surface area contributed by atoms with Crippen molar-refractivity contribution in [1.82, 2.24) is 4.98 Å². The zero-order valence-electron chi connectivity index (χ0n) is 9.55. The summed E-state index contributed by atoms with van der Waals surface area (Å²) < 4.78 is 43.5. The maximum atomic E-state index is 13.7. The third-order valence-corrected chi connectivity index (χ3v) is 2.67. The van der Waals surface area contributed by atoms with Crippen molar-refractivity contribution >= 4 is 21.9 Å². The summed E-state index contributed by atoms with van der Waals surface area (Å²) in [6, 6.07) is 0.976. The van der Waals surface area contributed by atoms with Crippen molar-refractivity contribution in [2.24, 2.45) is 0 Å². The van der Waals surface area contributed by atoms with Crippen LogP contribution in [0.15, 0.2) is 6.07 Å². The second-order valence-electron chi connectivity index (χ2n) is 3.38. The summed E-state index contributed by atoms with van der Waals surface area (Å²) in [6.45, 7) is 1.74. The molecule has 18 heavy (non-hydrogen) atoms. The third kappa shape index (κ3) is 3.69. The Bertz CT molecular complexity index is 441. The van der Waals surface area contributed by atoms with E-state index in [0.717, 1.165) is 6.07 Å². The van der Waals surface area contributed by atoms with Crippen LogP contribution in [0.3, 0.4) is 0 Å². The SMILES string of the molecule is CCOC(=O)Cc1nc(CBr)cc(C(F)F)c1F. The van der Waals surface area contributed by atoms with Crippen LogP contribution in [-0.4, -0.2) is 17.6 Å². The number of pyridine rings is 1. The van der Waals surface area contributed by atoms with Crippen molar-refractivity contribution in [3.05, 3.63) is 28.8 Å². The van der Waals surface area contributed by atoms with Crippen molar-refractivity contribution < 1.29 is 22.7 Å². The summed E-state index contributed by atoms with van der Waals surface area (Å²) in [6.07, 6.45) is -3.41. The van der Waals surface area contributed by atoms with Crippen LogP contribution in [-0.2, 0) is 21.3 Å². The summed E-state index contributed by atoms with van der Waals surface area (Å²) in [7, 11) is 0. The number of hydrogen-bond acceptors (Lipinski definition) is 3. The van der Waals surface area contributed by atoms with E-state index in [2.05, 4.69) is 25.7 Å². The molecule has 3 nitrogen and oxygen atoms in total. The Labute approximate surface area is 110 Å². The van der Waals surface area contributed by atoms with Crippen molar-refractivity contribution in [3.8, 4) is 0 Å². The summed E-state index contributed by atoms with van der Waals surface area (Å²) in [5, 5.41) is 0.197. The van der Waals surface area contributed by atoms with Crippen LogP contribution in [0.25, 0.3) is 0 Å². The molecule has 1 aromatic rings. The normalized spacial score (nSPS) is 10.8. The number of aromatic nitrogens is 1. The van der Waals surface area contributed by atoms with Crippen LogP contribution in [0.4, 0.5) is 13.2 Å². The first-order valence-electron chi connectivity index (χ1n) is 5.17. The lowest BCUT2D eigenvalue weighted by Crippen LogP contribution is -2.12. The lowest BCUT2D eigenvalue weighted by atomic mass is 10.1. The molecule has 1 heterocycles. The highest BCUT2D eigenvalue weighted by Crippen LogP contribution is 2.25. The molecule has 0 aromatic carbocycles. The molecule has 0 atom stereocenters. The van der Waals surface area contributed by atoms with Crippen molar-refractivity contribution in [3.63, 3.8) is 0 Å². The van der Waals surface area contributed by atoms with Crippen LogP contribution in [0.1, 0.15) is 30.3 Å². The molecule has 1 aromatic heterocycles. The minimum Gasteiger partial charge on any atom is -0.466 e. The van der Waals surface area contributed by atoms with Gasteiger partial charge in [-0.05, 0) is 13.0 Å². The molecule has 0 fully saturated rings. The van der Waals surface area contributed by atoms with E-state index in [1.807, 2.05) is 0 Å². The van der Waals surface area contributed by atoms with Gasteiger partial charge in [-0.1, -0.05) is 15.9 Å². The number of nitrogens with zero attached hydrogens (tertiary/aromatic N) is 1. The number of hydrogen-bond donors (Lipinski definition) is 0. The van der Waals surface area contributed by atoms with Crippen molar-refractivity contribution in [2.75, 3.05) is 6.61 Å². The van der Waals surface area contributed by atoms with E-state index < -0.39 is 30.2 Å². The molecule has 0 spiro atoms. The van der Waals surface area contributed by atoms with Gasteiger partial charge in [0, 0.05) is 5.33 Å². The maximum Gasteiger partial charge on any atom is 0.311 e. The maximum absolute atomic E-state index is 13.7. The number of alkyl halides is 3. The first kappa shape index (κ1) is 14.9. The number of carbonyl (C=O) groups is 1. The van der Waals surface area contributed by atoms with Crippen molar-refractivity contribution in [1.29, 1.82) is 0 Å². The molecular weight excluding hydrogens is 315 g/mol. The molecular formula is C11H11BrF3NO2. The van der Waals surface area contributed by atoms with Gasteiger partial charge in [0.1, 0.15) is 0 Å². The Morgan fingerprint density at radius 1 is 1.56 bits per heavy atom. The number of carbonyl (C=O) groups excluding carboxylic acids is 1. The summed E-state index contributed by atoms with van der Waals surface area (Å²) in [5.74, 6) is -1.85.